The molecule has 3 aromatic rings. The summed E-state index contributed by atoms with van der Waals surface area (Å²) >= 11 is 0. The van der Waals surface area contributed by atoms with Gasteiger partial charge in [-0.1, -0.05) is 0 Å². The predicted octanol–water partition coefficient (Wildman–Crippen LogP) is 2.88. The van der Waals surface area contributed by atoms with Gasteiger partial charge in [0.05, 0.1) is 19.9 Å². The van der Waals surface area contributed by atoms with Gasteiger partial charge in [-0.25, -0.2) is 15.2 Å². The zero-order chi connectivity index (χ0) is 22.2. The summed E-state index contributed by atoms with van der Waals surface area (Å²) in [6.45, 7) is 4.13. The number of nitrogens with one attached hydrogen (secondary N) is 2. The number of methoxy groups -OCH3 is 1. The molecular weight excluding hydrogens is 404 g/mol. The molecule has 31 heavy (non-hydrogen) atoms. The minimum atomic E-state index is -0.552. The van der Waals surface area contributed by atoms with E-state index in [9.17, 15) is 9.59 Å². The number of hydrogen-bond acceptors (Lipinski definition) is 9. The van der Waals surface area contributed by atoms with E-state index < -0.39 is 5.97 Å². The van der Waals surface area contributed by atoms with Gasteiger partial charge in [0.1, 0.15) is 12.4 Å². The Balaban J connectivity index is 1.67. The van der Waals surface area contributed by atoms with Crippen molar-refractivity contribution in [3.63, 3.8) is 0 Å². The second-order valence-electron chi connectivity index (χ2n) is 6.29. The maximum absolute atomic E-state index is 11.5. The molecule has 0 spiro atoms. The number of carbonyl (C=O) groups excluding carboxylic acids is 1. The first-order valence-corrected chi connectivity index (χ1v) is 9.42. The molecule has 2 aromatic heterocycles. The van der Waals surface area contributed by atoms with Gasteiger partial charge in [-0.2, -0.15) is 5.10 Å². The number of hydrogen-bond donors (Lipinski definition) is 2. The molecule has 0 bridgehead atoms. The fraction of sp³-hybridized carbons (Fsp3) is 0.238. The summed E-state index contributed by atoms with van der Waals surface area (Å²) < 4.78 is 21.4. The fourth-order valence-electron chi connectivity index (χ4n) is 2.61. The number of ether oxygens (including phenoxy) is 3. The normalized spacial score (nSPS) is 10.8. The van der Waals surface area contributed by atoms with Crippen LogP contribution in [0.25, 0.3) is 0 Å². The van der Waals surface area contributed by atoms with Crippen molar-refractivity contribution in [1.82, 2.24) is 9.97 Å². The van der Waals surface area contributed by atoms with E-state index in [0.717, 1.165) is 5.56 Å². The molecule has 2 heterocycles. The highest BCUT2D eigenvalue weighted by Gasteiger charge is 2.12. The highest BCUT2D eigenvalue weighted by molar-refractivity contribution is 5.86. The van der Waals surface area contributed by atoms with Crippen molar-refractivity contribution in [1.29, 1.82) is 0 Å². The van der Waals surface area contributed by atoms with Crippen LogP contribution in [-0.4, -0.2) is 35.9 Å². The summed E-state index contributed by atoms with van der Waals surface area (Å²) in [6, 6.07) is 9.85. The van der Waals surface area contributed by atoms with Gasteiger partial charge in [0, 0.05) is 11.8 Å². The number of aromatic nitrogens is 2. The van der Waals surface area contributed by atoms with E-state index in [4.69, 9.17) is 13.9 Å². The van der Waals surface area contributed by atoms with Crippen LogP contribution in [-0.2, 0) is 11.3 Å². The maximum Gasteiger partial charge on any atom is 0.373 e. The Bertz CT molecular complexity index is 1130. The van der Waals surface area contributed by atoms with Crippen molar-refractivity contribution in [2.75, 3.05) is 19.1 Å². The number of rotatable bonds is 9. The van der Waals surface area contributed by atoms with Crippen LogP contribution >= 0.6 is 0 Å². The third kappa shape index (κ3) is 5.95. The molecule has 0 fully saturated rings. The largest absolute Gasteiger partial charge is 0.490 e. The third-order valence-corrected chi connectivity index (χ3v) is 3.94. The summed E-state index contributed by atoms with van der Waals surface area (Å²) in [6.07, 6.45) is 1.56. The maximum atomic E-state index is 11.5. The summed E-state index contributed by atoms with van der Waals surface area (Å²) in [5.41, 5.74) is 3.74. The van der Waals surface area contributed by atoms with Gasteiger partial charge in [-0.05, 0) is 49.7 Å². The predicted molar refractivity (Wildman–Crippen MR) is 113 cm³/mol. The van der Waals surface area contributed by atoms with Gasteiger partial charge in [0.2, 0.25) is 11.7 Å². The summed E-state index contributed by atoms with van der Waals surface area (Å²) in [4.78, 5) is 29.6. The van der Waals surface area contributed by atoms with Crippen LogP contribution in [0.5, 0.6) is 11.5 Å². The minimum absolute atomic E-state index is 0.106. The topological polar surface area (TPSA) is 128 Å². The van der Waals surface area contributed by atoms with Gasteiger partial charge in [0.25, 0.3) is 5.56 Å². The average molecular weight is 426 g/mol. The Hall–Kier alpha value is -4.08. The third-order valence-electron chi connectivity index (χ3n) is 3.94. The lowest BCUT2D eigenvalue weighted by molar-refractivity contribution is 0.0561. The molecule has 0 aliphatic rings. The molecule has 0 aliphatic carbocycles. The molecule has 0 unspecified atom stereocenters. The van der Waals surface area contributed by atoms with Crippen LogP contribution in [0, 0.1) is 6.92 Å². The fourth-order valence-corrected chi connectivity index (χ4v) is 2.61. The highest BCUT2D eigenvalue weighted by Crippen LogP contribution is 2.29. The Labute approximate surface area is 177 Å². The van der Waals surface area contributed by atoms with E-state index in [-0.39, 0.29) is 23.9 Å². The standard InChI is InChI=1S/C21H22N4O6/c1-4-29-18-10-14(11-22-25-21-23-13(2)9-19(26)24-21)5-7-16(18)30-12-15-6-8-17(31-15)20(27)28-3/h5-11H,4,12H2,1-3H3,(H2,23,24,25,26)/b22-11+. The van der Waals surface area contributed by atoms with Crippen LogP contribution in [0.3, 0.4) is 0 Å². The lowest BCUT2D eigenvalue weighted by Crippen LogP contribution is -2.10. The molecule has 0 amide bonds. The second-order valence-corrected chi connectivity index (χ2v) is 6.29. The highest BCUT2D eigenvalue weighted by atomic mass is 16.5. The summed E-state index contributed by atoms with van der Waals surface area (Å²) in [5, 5.41) is 4.08. The van der Waals surface area contributed by atoms with Crippen LogP contribution in [0.2, 0.25) is 0 Å². The van der Waals surface area contributed by atoms with Gasteiger partial charge in [-0.3, -0.25) is 9.78 Å². The summed E-state index contributed by atoms with van der Waals surface area (Å²) in [5.74, 6) is 1.30. The number of aryl methyl sites for hydroxylation is 1. The van der Waals surface area contributed by atoms with Gasteiger partial charge in [-0.15, -0.1) is 0 Å². The smallest absolute Gasteiger partial charge is 0.373 e. The molecule has 0 aliphatic heterocycles. The number of carbonyl (C=O) groups is 1. The van der Waals surface area contributed by atoms with Crippen molar-refractivity contribution in [3.05, 3.63) is 69.5 Å². The van der Waals surface area contributed by atoms with Gasteiger partial charge in [0.15, 0.2) is 11.5 Å². The van der Waals surface area contributed by atoms with E-state index in [1.165, 1.54) is 19.2 Å². The molecular formula is C21H22N4O6. The molecule has 0 saturated heterocycles. The number of benzene rings is 1. The van der Waals surface area contributed by atoms with E-state index in [2.05, 4.69) is 25.2 Å². The Morgan fingerprint density at radius 3 is 2.81 bits per heavy atom. The first kappa shape index (κ1) is 21.6. The SMILES string of the molecule is CCOc1cc(/C=N/Nc2nc(C)cc(=O)[nH]2)ccc1OCc1ccc(C(=O)OC)o1. The molecule has 162 valence electrons. The number of anilines is 1. The number of aromatic amines is 1. The molecule has 3 rings (SSSR count). The van der Waals surface area contributed by atoms with Crippen molar-refractivity contribution in [3.8, 4) is 11.5 Å². The van der Waals surface area contributed by atoms with Crippen LogP contribution in [0.1, 0.15) is 34.5 Å². The number of H-pyrrole nitrogens is 1. The van der Waals surface area contributed by atoms with E-state index in [1.807, 2.05) is 6.92 Å². The Kier molecular flexibility index (Phi) is 7.05. The quantitative estimate of drug-likeness (QED) is 0.304. The lowest BCUT2D eigenvalue weighted by Gasteiger charge is -2.11. The van der Waals surface area contributed by atoms with Gasteiger partial charge >= 0.3 is 5.97 Å². The molecule has 2 N–H and O–H groups in total. The Morgan fingerprint density at radius 1 is 1.23 bits per heavy atom. The molecule has 10 nitrogen and oxygen atoms in total. The number of esters is 1. The van der Waals surface area contributed by atoms with E-state index in [1.54, 1.807) is 37.4 Å². The van der Waals surface area contributed by atoms with Crippen molar-refractivity contribution >= 4 is 18.1 Å². The molecule has 0 radical (unpaired) electrons. The molecule has 0 atom stereocenters. The lowest BCUT2D eigenvalue weighted by atomic mass is 10.2. The number of furan rings is 1. The van der Waals surface area contributed by atoms with E-state index >= 15 is 0 Å². The molecule has 0 saturated carbocycles. The Morgan fingerprint density at radius 2 is 2.06 bits per heavy atom. The monoisotopic (exact) mass is 426 g/mol. The van der Waals surface area contributed by atoms with Crippen molar-refractivity contribution in [2.24, 2.45) is 5.10 Å². The van der Waals surface area contributed by atoms with Gasteiger partial charge < -0.3 is 18.6 Å². The number of hydrazone groups is 1. The summed E-state index contributed by atoms with van der Waals surface area (Å²) in [7, 11) is 1.28. The molecule has 1 aromatic carbocycles. The van der Waals surface area contributed by atoms with Crippen LogP contribution in [0.15, 0.2) is 50.7 Å². The average Bonchev–Trinajstić information content (AvgIpc) is 3.21. The van der Waals surface area contributed by atoms with Crippen LogP contribution in [0.4, 0.5) is 5.95 Å². The first-order valence-electron chi connectivity index (χ1n) is 9.42. The minimum Gasteiger partial charge on any atom is -0.490 e. The first-order chi connectivity index (χ1) is 15.0. The zero-order valence-electron chi connectivity index (χ0n) is 17.3. The zero-order valence-corrected chi connectivity index (χ0v) is 17.3. The molecule has 10 heteroatoms. The van der Waals surface area contributed by atoms with Crippen molar-refractivity contribution in [2.45, 2.75) is 20.5 Å². The second kappa shape index (κ2) is 10.1. The van der Waals surface area contributed by atoms with E-state index in [0.29, 0.717) is 29.6 Å². The van der Waals surface area contributed by atoms with Crippen LogP contribution < -0.4 is 20.5 Å². The van der Waals surface area contributed by atoms with Crippen molar-refractivity contribution < 1.29 is 23.4 Å². The number of nitrogens with zero attached hydrogens (tertiary/aromatic N) is 2.